The van der Waals surface area contributed by atoms with E-state index in [1.54, 1.807) is 0 Å². The number of aromatic carboxylic acids is 1. The molecule has 1 aliphatic rings. The fourth-order valence-electron chi connectivity index (χ4n) is 2.55. The van der Waals surface area contributed by atoms with Crippen LogP contribution < -0.4 is 4.72 Å². The molecule has 0 bridgehead atoms. The molecule has 2 rings (SSSR count). The van der Waals surface area contributed by atoms with Gasteiger partial charge < -0.3 is 14.4 Å². The van der Waals surface area contributed by atoms with Crippen LogP contribution in [-0.4, -0.2) is 43.3 Å². The van der Waals surface area contributed by atoms with E-state index in [0.717, 1.165) is 31.9 Å². The van der Waals surface area contributed by atoms with Crippen LogP contribution in [0.25, 0.3) is 0 Å². The Balaban J connectivity index is 1.85. The Bertz CT molecular complexity index is 617. The second kappa shape index (κ2) is 7.26. The van der Waals surface area contributed by atoms with Crippen molar-refractivity contribution in [3.8, 4) is 0 Å². The standard InChI is InChI=1S/C14H22N2O5S/c1-16-10-12(9-13(16)14(17)18)22(19,20)15-7-4-6-11-5-2-3-8-21-11/h9-11,15H,2-8H2,1H3,(H,17,18). The maximum atomic E-state index is 12.1. The Morgan fingerprint density at radius 2 is 2.27 bits per heavy atom. The zero-order valence-electron chi connectivity index (χ0n) is 12.6. The molecule has 0 spiro atoms. The molecule has 2 N–H and O–H groups in total. The van der Waals surface area contributed by atoms with Gasteiger partial charge in [-0.05, 0) is 38.2 Å². The van der Waals surface area contributed by atoms with Crippen LogP contribution in [-0.2, 0) is 21.8 Å². The number of ether oxygens (including phenoxy) is 1. The topological polar surface area (TPSA) is 97.6 Å². The SMILES string of the molecule is Cn1cc(S(=O)(=O)NCCCC2CCCCO2)cc1C(=O)O. The second-order valence-corrected chi connectivity index (χ2v) is 7.27. The highest BCUT2D eigenvalue weighted by Crippen LogP contribution is 2.17. The first kappa shape index (κ1) is 17.0. The number of rotatable bonds is 7. The molecule has 1 aromatic heterocycles. The maximum absolute atomic E-state index is 12.1. The Labute approximate surface area is 130 Å². The first-order valence-corrected chi connectivity index (χ1v) is 8.89. The average Bonchev–Trinajstić information content (AvgIpc) is 2.88. The molecule has 1 fully saturated rings. The minimum atomic E-state index is -3.67. The van der Waals surface area contributed by atoms with E-state index in [9.17, 15) is 13.2 Å². The smallest absolute Gasteiger partial charge is 0.352 e. The number of aryl methyl sites for hydroxylation is 1. The molecular weight excluding hydrogens is 308 g/mol. The van der Waals surface area contributed by atoms with Gasteiger partial charge in [-0.15, -0.1) is 0 Å². The van der Waals surface area contributed by atoms with E-state index >= 15 is 0 Å². The van der Waals surface area contributed by atoms with Crippen LogP contribution in [0.5, 0.6) is 0 Å². The van der Waals surface area contributed by atoms with Gasteiger partial charge in [-0.1, -0.05) is 0 Å². The molecule has 2 heterocycles. The van der Waals surface area contributed by atoms with Gasteiger partial charge in [0.15, 0.2) is 0 Å². The quantitative estimate of drug-likeness (QED) is 0.736. The summed E-state index contributed by atoms with van der Waals surface area (Å²) in [5, 5.41) is 8.95. The summed E-state index contributed by atoms with van der Waals surface area (Å²) in [4.78, 5) is 10.9. The third-order valence-electron chi connectivity index (χ3n) is 3.78. The minimum absolute atomic E-state index is 0.0266. The molecule has 1 saturated heterocycles. The predicted octanol–water partition coefficient (Wildman–Crippen LogP) is 1.35. The molecule has 0 radical (unpaired) electrons. The summed E-state index contributed by atoms with van der Waals surface area (Å²) in [5.74, 6) is -1.15. The van der Waals surface area contributed by atoms with Gasteiger partial charge in [0.05, 0.1) is 6.10 Å². The van der Waals surface area contributed by atoms with Crippen LogP contribution >= 0.6 is 0 Å². The zero-order chi connectivity index (χ0) is 16.2. The zero-order valence-corrected chi connectivity index (χ0v) is 13.4. The van der Waals surface area contributed by atoms with Crippen molar-refractivity contribution in [2.24, 2.45) is 7.05 Å². The Morgan fingerprint density at radius 1 is 1.50 bits per heavy atom. The number of nitrogens with zero attached hydrogens (tertiary/aromatic N) is 1. The molecule has 8 heteroatoms. The van der Waals surface area contributed by atoms with Crippen LogP contribution in [0.4, 0.5) is 0 Å². The van der Waals surface area contributed by atoms with Gasteiger partial charge in [-0.2, -0.15) is 0 Å². The lowest BCUT2D eigenvalue weighted by Crippen LogP contribution is -2.26. The van der Waals surface area contributed by atoms with Crippen molar-refractivity contribution in [2.45, 2.75) is 43.1 Å². The molecule has 1 aromatic rings. The normalized spacial score (nSPS) is 19.2. The van der Waals surface area contributed by atoms with Gasteiger partial charge in [0.1, 0.15) is 10.6 Å². The number of sulfonamides is 1. The highest BCUT2D eigenvalue weighted by Gasteiger charge is 2.20. The summed E-state index contributed by atoms with van der Waals surface area (Å²) < 4.78 is 33.6. The molecule has 1 aliphatic heterocycles. The fourth-order valence-corrected chi connectivity index (χ4v) is 3.69. The largest absolute Gasteiger partial charge is 0.477 e. The van der Waals surface area contributed by atoms with Crippen molar-refractivity contribution in [2.75, 3.05) is 13.2 Å². The van der Waals surface area contributed by atoms with E-state index < -0.39 is 16.0 Å². The van der Waals surface area contributed by atoms with Gasteiger partial charge in [0, 0.05) is 26.4 Å². The Hall–Kier alpha value is -1.38. The predicted molar refractivity (Wildman–Crippen MR) is 80.4 cm³/mol. The number of carbonyl (C=O) groups is 1. The molecule has 0 saturated carbocycles. The third-order valence-corrected chi connectivity index (χ3v) is 5.21. The molecule has 124 valence electrons. The lowest BCUT2D eigenvalue weighted by molar-refractivity contribution is 0.0104. The lowest BCUT2D eigenvalue weighted by Gasteiger charge is -2.22. The van der Waals surface area contributed by atoms with Crippen LogP contribution in [0.2, 0.25) is 0 Å². The summed E-state index contributed by atoms with van der Waals surface area (Å²) >= 11 is 0. The van der Waals surface area contributed by atoms with E-state index in [4.69, 9.17) is 9.84 Å². The molecule has 22 heavy (non-hydrogen) atoms. The number of hydrogen-bond donors (Lipinski definition) is 2. The van der Waals surface area contributed by atoms with Gasteiger partial charge >= 0.3 is 5.97 Å². The molecule has 1 unspecified atom stereocenters. The molecular formula is C14H22N2O5S. The van der Waals surface area contributed by atoms with Crippen molar-refractivity contribution in [1.82, 2.24) is 9.29 Å². The number of nitrogens with one attached hydrogen (secondary N) is 1. The van der Waals surface area contributed by atoms with Crippen LogP contribution in [0.15, 0.2) is 17.2 Å². The van der Waals surface area contributed by atoms with E-state index in [-0.39, 0.29) is 16.7 Å². The molecule has 7 nitrogen and oxygen atoms in total. The van der Waals surface area contributed by atoms with Crippen molar-refractivity contribution in [3.63, 3.8) is 0 Å². The Kier molecular flexibility index (Phi) is 5.60. The Morgan fingerprint density at radius 3 is 2.86 bits per heavy atom. The van der Waals surface area contributed by atoms with Crippen molar-refractivity contribution >= 4 is 16.0 Å². The monoisotopic (exact) mass is 330 g/mol. The molecule has 0 aromatic carbocycles. The van der Waals surface area contributed by atoms with Crippen LogP contribution in [0.3, 0.4) is 0 Å². The summed E-state index contributed by atoms with van der Waals surface area (Å²) in [5.41, 5.74) is -0.0593. The van der Waals surface area contributed by atoms with Crippen LogP contribution in [0.1, 0.15) is 42.6 Å². The van der Waals surface area contributed by atoms with E-state index in [1.165, 1.54) is 24.2 Å². The summed E-state index contributed by atoms with van der Waals surface area (Å²) in [6.07, 6.45) is 6.36. The van der Waals surface area contributed by atoms with Gasteiger partial charge in [-0.25, -0.2) is 17.9 Å². The summed E-state index contributed by atoms with van der Waals surface area (Å²) in [6, 6.07) is 1.16. The summed E-state index contributed by atoms with van der Waals surface area (Å²) in [7, 11) is -2.17. The third kappa shape index (κ3) is 4.31. The van der Waals surface area contributed by atoms with Gasteiger partial charge in [0.25, 0.3) is 0 Å². The first-order chi connectivity index (χ1) is 10.4. The van der Waals surface area contributed by atoms with Crippen molar-refractivity contribution < 1.29 is 23.1 Å². The average molecular weight is 330 g/mol. The molecule has 0 amide bonds. The number of carboxylic acids is 1. The molecule has 0 aliphatic carbocycles. The highest BCUT2D eigenvalue weighted by molar-refractivity contribution is 7.89. The fraction of sp³-hybridized carbons (Fsp3) is 0.643. The number of carboxylic acid groups (broad SMARTS) is 1. The van der Waals surface area contributed by atoms with Gasteiger partial charge in [-0.3, -0.25) is 0 Å². The number of hydrogen-bond acceptors (Lipinski definition) is 4. The second-order valence-electron chi connectivity index (χ2n) is 5.51. The lowest BCUT2D eigenvalue weighted by atomic mass is 10.1. The maximum Gasteiger partial charge on any atom is 0.352 e. The van der Waals surface area contributed by atoms with E-state index in [2.05, 4.69) is 4.72 Å². The first-order valence-electron chi connectivity index (χ1n) is 7.41. The van der Waals surface area contributed by atoms with E-state index in [1.807, 2.05) is 0 Å². The van der Waals surface area contributed by atoms with Crippen LogP contribution in [0, 0.1) is 0 Å². The highest BCUT2D eigenvalue weighted by atomic mass is 32.2. The molecule has 1 atom stereocenters. The van der Waals surface area contributed by atoms with Crippen molar-refractivity contribution in [3.05, 3.63) is 18.0 Å². The number of aromatic nitrogens is 1. The summed E-state index contributed by atoms with van der Waals surface area (Å²) in [6.45, 7) is 1.11. The van der Waals surface area contributed by atoms with E-state index in [0.29, 0.717) is 13.0 Å². The van der Waals surface area contributed by atoms with Gasteiger partial charge in [0.2, 0.25) is 10.0 Å². The minimum Gasteiger partial charge on any atom is -0.477 e. The van der Waals surface area contributed by atoms with Crippen molar-refractivity contribution in [1.29, 1.82) is 0 Å².